The summed E-state index contributed by atoms with van der Waals surface area (Å²) >= 11 is 0. The molecule has 2 aliphatic heterocycles. The van der Waals surface area contributed by atoms with Crippen molar-refractivity contribution in [3.05, 3.63) is 34.9 Å². The van der Waals surface area contributed by atoms with Crippen LogP contribution in [-0.2, 0) is 9.84 Å². The van der Waals surface area contributed by atoms with Crippen molar-refractivity contribution in [2.24, 2.45) is 5.92 Å². The molecule has 7 heteroatoms. The predicted molar refractivity (Wildman–Crippen MR) is 78.5 cm³/mol. The number of hydrogen-bond acceptors (Lipinski definition) is 4. The van der Waals surface area contributed by atoms with Gasteiger partial charge in [-0.2, -0.15) is 5.26 Å². The average Bonchev–Trinajstić information content (AvgIpc) is 2.47. The number of carbonyl (C=O) groups is 1. The number of halogens is 2. The molecule has 0 aromatic heterocycles. The molecule has 2 saturated heterocycles. The molecule has 0 aliphatic carbocycles. The highest BCUT2D eigenvalue weighted by atomic mass is 32.2. The van der Waals surface area contributed by atoms with Crippen LogP contribution in [0.2, 0.25) is 0 Å². The third-order valence-corrected chi connectivity index (χ3v) is 7.60. The second kappa shape index (κ2) is 5.68. The van der Waals surface area contributed by atoms with E-state index in [1.807, 2.05) is 0 Å². The predicted octanol–water partition coefficient (Wildman–Crippen LogP) is 2.77. The second-order valence-electron chi connectivity index (χ2n) is 6.22. The van der Waals surface area contributed by atoms with E-state index < -0.39 is 54.8 Å². The van der Waals surface area contributed by atoms with Crippen molar-refractivity contribution in [3.63, 3.8) is 0 Å². The minimum atomic E-state index is -3.21. The summed E-state index contributed by atoms with van der Waals surface area (Å²) in [6, 6.07) is 2.98. The molecular weight excluding hydrogens is 324 g/mol. The van der Waals surface area contributed by atoms with Gasteiger partial charge in [-0.1, -0.05) is 6.42 Å². The standard InChI is InChI=1S/C16H15F2NO3S/c17-14-7-13(15(18)6-10(14)8-19)16(20)9-4-11-2-1-3-12(5-9)23(11,21)22/h6-7,9,11-12H,1-5H2. The van der Waals surface area contributed by atoms with E-state index in [1.165, 1.54) is 6.07 Å². The number of rotatable bonds is 2. The molecule has 1 aromatic rings. The Morgan fingerprint density at radius 2 is 1.74 bits per heavy atom. The summed E-state index contributed by atoms with van der Waals surface area (Å²) in [7, 11) is -3.21. The van der Waals surface area contributed by atoms with Crippen molar-refractivity contribution in [2.45, 2.75) is 42.6 Å². The topological polar surface area (TPSA) is 75.0 Å². The highest BCUT2D eigenvalue weighted by Crippen LogP contribution is 2.40. The minimum absolute atomic E-state index is 0.165. The van der Waals surface area contributed by atoms with E-state index in [1.54, 1.807) is 0 Å². The van der Waals surface area contributed by atoms with E-state index in [2.05, 4.69) is 0 Å². The number of fused-ring (bicyclic) bond motifs is 2. The molecule has 0 saturated carbocycles. The first-order valence-electron chi connectivity index (χ1n) is 7.50. The van der Waals surface area contributed by atoms with E-state index in [0.29, 0.717) is 18.9 Å². The Balaban J connectivity index is 1.91. The summed E-state index contributed by atoms with van der Waals surface area (Å²) in [5, 5.41) is 7.56. The summed E-state index contributed by atoms with van der Waals surface area (Å²) < 4.78 is 52.1. The number of carbonyl (C=O) groups excluding carboxylic acids is 1. The van der Waals surface area contributed by atoms with Crippen LogP contribution in [0, 0.1) is 28.9 Å². The fraction of sp³-hybridized carbons (Fsp3) is 0.500. The van der Waals surface area contributed by atoms with Gasteiger partial charge in [0.1, 0.15) is 17.7 Å². The van der Waals surface area contributed by atoms with Gasteiger partial charge in [0.05, 0.1) is 21.6 Å². The van der Waals surface area contributed by atoms with Gasteiger partial charge in [0.2, 0.25) is 0 Å². The maximum absolute atomic E-state index is 14.0. The number of ketones is 1. The highest BCUT2D eigenvalue weighted by Gasteiger charge is 2.46. The van der Waals surface area contributed by atoms with Gasteiger partial charge in [-0.25, -0.2) is 17.2 Å². The molecule has 4 nitrogen and oxygen atoms in total. The molecule has 0 radical (unpaired) electrons. The number of Topliss-reactive ketones (excluding diaryl/α,β-unsaturated/α-hetero) is 1. The summed E-state index contributed by atoms with van der Waals surface area (Å²) in [5.41, 5.74) is -0.856. The zero-order valence-electron chi connectivity index (χ0n) is 12.3. The summed E-state index contributed by atoms with van der Waals surface area (Å²) in [4.78, 5) is 12.5. The first kappa shape index (κ1) is 16.1. The molecule has 1 aromatic carbocycles. The van der Waals surface area contributed by atoms with Crippen molar-refractivity contribution in [3.8, 4) is 6.07 Å². The molecule has 2 unspecified atom stereocenters. The molecular formula is C16H15F2NO3S. The van der Waals surface area contributed by atoms with Crippen molar-refractivity contribution >= 4 is 15.6 Å². The van der Waals surface area contributed by atoms with Crippen molar-refractivity contribution < 1.29 is 22.0 Å². The van der Waals surface area contributed by atoms with Gasteiger partial charge in [0, 0.05) is 5.92 Å². The van der Waals surface area contributed by atoms with Gasteiger partial charge in [-0.3, -0.25) is 4.79 Å². The van der Waals surface area contributed by atoms with Crippen LogP contribution in [0.3, 0.4) is 0 Å². The Bertz CT molecular complexity index is 793. The molecule has 23 heavy (non-hydrogen) atoms. The second-order valence-corrected chi connectivity index (χ2v) is 8.73. The fourth-order valence-electron chi connectivity index (χ4n) is 3.66. The van der Waals surface area contributed by atoms with Gasteiger partial charge in [0.15, 0.2) is 15.6 Å². The number of hydrogen-bond donors (Lipinski definition) is 0. The maximum Gasteiger partial charge on any atom is 0.169 e. The number of nitriles is 1. The Labute approximate surface area is 133 Å². The lowest BCUT2D eigenvalue weighted by Crippen LogP contribution is -2.45. The van der Waals surface area contributed by atoms with E-state index in [4.69, 9.17) is 5.26 Å². The average molecular weight is 339 g/mol. The molecule has 2 fully saturated rings. The lowest BCUT2D eigenvalue weighted by molar-refractivity contribution is 0.0889. The lowest BCUT2D eigenvalue weighted by atomic mass is 9.84. The van der Waals surface area contributed by atoms with E-state index >= 15 is 0 Å². The van der Waals surface area contributed by atoms with Gasteiger partial charge in [0.25, 0.3) is 0 Å². The Morgan fingerprint density at radius 3 is 2.30 bits per heavy atom. The minimum Gasteiger partial charge on any atom is -0.294 e. The molecule has 122 valence electrons. The van der Waals surface area contributed by atoms with Gasteiger partial charge in [-0.15, -0.1) is 0 Å². The van der Waals surface area contributed by atoms with Crippen LogP contribution in [0.25, 0.3) is 0 Å². The van der Waals surface area contributed by atoms with Crippen molar-refractivity contribution in [1.82, 2.24) is 0 Å². The molecule has 3 rings (SSSR count). The van der Waals surface area contributed by atoms with Gasteiger partial charge < -0.3 is 0 Å². The smallest absolute Gasteiger partial charge is 0.169 e. The third-order valence-electron chi connectivity index (χ3n) is 4.89. The quantitative estimate of drug-likeness (QED) is 0.777. The molecule has 0 N–H and O–H groups in total. The summed E-state index contributed by atoms with van der Waals surface area (Å²) in [5.74, 6) is -3.07. The number of benzene rings is 1. The van der Waals surface area contributed by atoms with Crippen LogP contribution in [0.4, 0.5) is 8.78 Å². The van der Waals surface area contributed by atoms with Crippen LogP contribution in [0.5, 0.6) is 0 Å². The number of nitrogens with zero attached hydrogens (tertiary/aromatic N) is 1. The zero-order valence-corrected chi connectivity index (χ0v) is 13.1. The SMILES string of the molecule is N#Cc1cc(F)c(C(=O)C2CC3CCCC(C2)S3(=O)=O)cc1F. The Kier molecular flexibility index (Phi) is 3.96. The van der Waals surface area contributed by atoms with E-state index in [-0.39, 0.29) is 12.8 Å². The van der Waals surface area contributed by atoms with Crippen LogP contribution in [-0.4, -0.2) is 24.7 Å². The maximum atomic E-state index is 14.0. The van der Waals surface area contributed by atoms with E-state index in [0.717, 1.165) is 12.5 Å². The van der Waals surface area contributed by atoms with Crippen LogP contribution < -0.4 is 0 Å². The largest absolute Gasteiger partial charge is 0.294 e. The monoisotopic (exact) mass is 339 g/mol. The van der Waals surface area contributed by atoms with Gasteiger partial charge in [-0.05, 0) is 37.8 Å². The Morgan fingerprint density at radius 1 is 1.13 bits per heavy atom. The third kappa shape index (κ3) is 2.65. The van der Waals surface area contributed by atoms with Crippen LogP contribution in [0.1, 0.15) is 48.0 Å². The number of sulfone groups is 1. The normalized spacial score (nSPS) is 28.8. The molecule has 0 amide bonds. The molecule has 0 spiro atoms. The van der Waals surface area contributed by atoms with Crippen molar-refractivity contribution in [2.75, 3.05) is 0 Å². The van der Waals surface area contributed by atoms with Crippen LogP contribution in [0.15, 0.2) is 12.1 Å². The molecule has 2 atom stereocenters. The van der Waals surface area contributed by atoms with Gasteiger partial charge >= 0.3 is 0 Å². The first-order chi connectivity index (χ1) is 10.8. The zero-order chi connectivity index (χ0) is 16.8. The Hall–Kier alpha value is -1.81. The molecule has 2 heterocycles. The highest BCUT2D eigenvalue weighted by molar-refractivity contribution is 7.92. The van der Waals surface area contributed by atoms with Crippen molar-refractivity contribution in [1.29, 1.82) is 5.26 Å². The molecule has 2 aliphatic rings. The summed E-state index contributed by atoms with van der Waals surface area (Å²) in [6.45, 7) is 0. The van der Waals surface area contributed by atoms with Crippen LogP contribution >= 0.6 is 0 Å². The van der Waals surface area contributed by atoms with E-state index in [9.17, 15) is 22.0 Å². The first-order valence-corrected chi connectivity index (χ1v) is 9.11. The summed E-state index contributed by atoms with van der Waals surface area (Å²) in [6.07, 6.45) is 2.19. The fourth-order valence-corrected chi connectivity index (χ4v) is 6.20. The molecule has 2 bridgehead atoms. The lowest BCUT2D eigenvalue weighted by Gasteiger charge is -2.38.